The fourth-order valence-electron chi connectivity index (χ4n) is 3.14. The zero-order valence-corrected chi connectivity index (χ0v) is 17.1. The molecule has 0 N–H and O–H groups in total. The number of hydrogen-bond donors (Lipinski definition) is 0. The molecule has 0 spiro atoms. The molecule has 1 aliphatic heterocycles. The predicted octanol–water partition coefficient (Wildman–Crippen LogP) is 2.18. The number of ether oxygens (including phenoxy) is 1. The Balaban J connectivity index is 1.59. The number of piperazine rings is 1. The lowest BCUT2D eigenvalue weighted by Crippen LogP contribution is -2.51. The van der Waals surface area contributed by atoms with Gasteiger partial charge in [0, 0.05) is 32.3 Å². The van der Waals surface area contributed by atoms with Gasteiger partial charge in [-0.1, -0.05) is 43.3 Å². The number of amides is 1. The first-order chi connectivity index (χ1) is 13.9. The fourth-order valence-corrected chi connectivity index (χ4v) is 4.60. The van der Waals surface area contributed by atoms with Crippen molar-refractivity contribution in [1.82, 2.24) is 9.21 Å². The molecule has 0 aliphatic carbocycles. The summed E-state index contributed by atoms with van der Waals surface area (Å²) in [4.78, 5) is 25.4. The highest BCUT2D eigenvalue weighted by Gasteiger charge is 2.30. The van der Waals surface area contributed by atoms with E-state index >= 15 is 0 Å². The highest BCUT2D eigenvalue weighted by Crippen LogP contribution is 2.22. The number of benzene rings is 2. The van der Waals surface area contributed by atoms with Gasteiger partial charge in [-0.25, -0.2) is 13.2 Å². The molecule has 7 nitrogen and oxygen atoms in total. The van der Waals surface area contributed by atoms with Crippen molar-refractivity contribution in [2.75, 3.05) is 32.8 Å². The summed E-state index contributed by atoms with van der Waals surface area (Å²) in [6, 6.07) is 12.7. The first-order valence-corrected chi connectivity index (χ1v) is 11.0. The summed E-state index contributed by atoms with van der Waals surface area (Å²) in [5, 5.41) is 1.84. The molecule has 1 aliphatic rings. The number of hydrogen-bond acceptors (Lipinski definition) is 5. The Morgan fingerprint density at radius 2 is 1.72 bits per heavy atom. The first-order valence-electron chi connectivity index (χ1n) is 9.52. The molecule has 1 fully saturated rings. The van der Waals surface area contributed by atoms with Crippen LogP contribution < -0.4 is 0 Å². The van der Waals surface area contributed by atoms with Crippen LogP contribution in [0.25, 0.3) is 10.8 Å². The number of carbonyl (C=O) groups excluding carboxylic acids is 2. The molecule has 0 unspecified atom stereocenters. The van der Waals surface area contributed by atoms with Crippen molar-refractivity contribution in [1.29, 1.82) is 0 Å². The topological polar surface area (TPSA) is 84.0 Å². The van der Waals surface area contributed by atoms with Crippen LogP contribution in [0, 0.1) is 0 Å². The second kappa shape index (κ2) is 9.19. The standard InChI is InChI=1S/C21H24N2O5S/c1-2-3-8-21(25)28-16-20(24)22-11-13-23(14-12-22)29(26,27)19-10-9-17-6-4-5-7-18(17)15-19/h3-10,15H,2,11-14,16H2,1H3/b8-3+. The largest absolute Gasteiger partial charge is 0.452 e. The van der Waals surface area contributed by atoms with Crippen LogP contribution in [0.3, 0.4) is 0 Å². The van der Waals surface area contributed by atoms with E-state index in [9.17, 15) is 18.0 Å². The minimum atomic E-state index is -3.64. The molecule has 154 valence electrons. The van der Waals surface area contributed by atoms with E-state index in [4.69, 9.17) is 4.74 Å². The quantitative estimate of drug-likeness (QED) is 0.532. The van der Waals surface area contributed by atoms with Crippen LogP contribution in [0.4, 0.5) is 0 Å². The second-order valence-electron chi connectivity index (χ2n) is 6.71. The van der Waals surface area contributed by atoms with E-state index in [1.165, 1.54) is 15.3 Å². The maximum atomic E-state index is 13.0. The highest BCUT2D eigenvalue weighted by atomic mass is 32.2. The normalized spacial score (nSPS) is 15.7. The smallest absolute Gasteiger partial charge is 0.330 e. The lowest BCUT2D eigenvalue weighted by Gasteiger charge is -2.33. The predicted molar refractivity (Wildman–Crippen MR) is 110 cm³/mol. The van der Waals surface area contributed by atoms with Gasteiger partial charge in [-0.3, -0.25) is 4.79 Å². The number of carbonyl (C=O) groups is 2. The van der Waals surface area contributed by atoms with Gasteiger partial charge in [0.25, 0.3) is 5.91 Å². The number of esters is 1. The van der Waals surface area contributed by atoms with Crippen molar-refractivity contribution >= 4 is 32.7 Å². The summed E-state index contributed by atoms with van der Waals surface area (Å²) >= 11 is 0. The van der Waals surface area contributed by atoms with Crippen LogP contribution in [-0.4, -0.2) is 62.3 Å². The number of fused-ring (bicyclic) bond motifs is 1. The van der Waals surface area contributed by atoms with Gasteiger partial charge in [0.05, 0.1) is 4.90 Å². The molecule has 1 heterocycles. The minimum Gasteiger partial charge on any atom is -0.452 e. The van der Waals surface area contributed by atoms with Crippen molar-refractivity contribution in [3.8, 4) is 0 Å². The zero-order valence-electron chi connectivity index (χ0n) is 16.3. The first kappa shape index (κ1) is 21.0. The summed E-state index contributed by atoms with van der Waals surface area (Å²) in [6.07, 6.45) is 3.65. The molecule has 29 heavy (non-hydrogen) atoms. The molecule has 0 bridgehead atoms. The molecule has 1 amide bonds. The molecule has 1 saturated heterocycles. The number of nitrogens with zero attached hydrogens (tertiary/aromatic N) is 2. The summed E-state index contributed by atoms with van der Waals surface area (Å²) < 4.78 is 32.2. The number of rotatable bonds is 6. The lowest BCUT2D eigenvalue weighted by atomic mass is 10.1. The van der Waals surface area contributed by atoms with E-state index < -0.39 is 16.0 Å². The Bertz CT molecular complexity index is 1020. The number of sulfonamides is 1. The molecule has 2 aromatic carbocycles. The van der Waals surface area contributed by atoms with Crippen LogP contribution >= 0.6 is 0 Å². The van der Waals surface area contributed by atoms with Crippen molar-refractivity contribution in [3.63, 3.8) is 0 Å². The molecule has 8 heteroatoms. The average Bonchev–Trinajstić information content (AvgIpc) is 2.75. The summed E-state index contributed by atoms with van der Waals surface area (Å²) in [6.45, 7) is 2.46. The lowest BCUT2D eigenvalue weighted by molar-refractivity contribution is -0.148. The molecule has 0 aromatic heterocycles. The van der Waals surface area contributed by atoms with Crippen molar-refractivity contribution in [2.24, 2.45) is 0 Å². The van der Waals surface area contributed by atoms with Gasteiger partial charge >= 0.3 is 5.97 Å². The molecular formula is C21H24N2O5S. The molecule has 0 saturated carbocycles. The average molecular weight is 416 g/mol. The van der Waals surface area contributed by atoms with E-state index in [0.717, 1.165) is 10.8 Å². The Morgan fingerprint density at radius 3 is 2.41 bits per heavy atom. The van der Waals surface area contributed by atoms with Gasteiger partial charge in [0.2, 0.25) is 10.0 Å². The Hall–Kier alpha value is -2.71. The Labute approximate surface area is 170 Å². The van der Waals surface area contributed by atoms with E-state index in [2.05, 4.69) is 0 Å². The van der Waals surface area contributed by atoms with Gasteiger partial charge in [0.1, 0.15) is 0 Å². The zero-order chi connectivity index (χ0) is 20.9. The summed E-state index contributed by atoms with van der Waals surface area (Å²) in [7, 11) is -3.64. The van der Waals surface area contributed by atoms with Crippen molar-refractivity contribution in [3.05, 3.63) is 54.6 Å². The number of allylic oxidation sites excluding steroid dienone is 1. The van der Waals surface area contributed by atoms with E-state index in [0.29, 0.717) is 6.42 Å². The van der Waals surface area contributed by atoms with Crippen LogP contribution in [-0.2, 0) is 24.3 Å². The van der Waals surface area contributed by atoms with Gasteiger partial charge < -0.3 is 9.64 Å². The van der Waals surface area contributed by atoms with E-state index in [-0.39, 0.29) is 43.6 Å². The highest BCUT2D eigenvalue weighted by molar-refractivity contribution is 7.89. The van der Waals surface area contributed by atoms with Gasteiger partial charge in [-0.2, -0.15) is 4.31 Å². The monoisotopic (exact) mass is 416 g/mol. The molecule has 2 aromatic rings. The van der Waals surface area contributed by atoms with Crippen LogP contribution in [0.1, 0.15) is 13.3 Å². The van der Waals surface area contributed by atoms with E-state index in [1.807, 2.05) is 31.2 Å². The third kappa shape index (κ3) is 5.02. The second-order valence-corrected chi connectivity index (χ2v) is 8.65. The van der Waals surface area contributed by atoms with Crippen LogP contribution in [0.15, 0.2) is 59.5 Å². The van der Waals surface area contributed by atoms with Crippen molar-refractivity contribution in [2.45, 2.75) is 18.2 Å². The third-order valence-electron chi connectivity index (χ3n) is 4.78. The van der Waals surface area contributed by atoms with Gasteiger partial charge in [0.15, 0.2) is 6.61 Å². The summed E-state index contributed by atoms with van der Waals surface area (Å²) in [5.41, 5.74) is 0. The summed E-state index contributed by atoms with van der Waals surface area (Å²) in [5.74, 6) is -0.885. The van der Waals surface area contributed by atoms with E-state index in [1.54, 1.807) is 24.3 Å². The Kier molecular flexibility index (Phi) is 6.66. The van der Waals surface area contributed by atoms with Crippen molar-refractivity contribution < 1.29 is 22.7 Å². The minimum absolute atomic E-state index is 0.199. The molecular weight excluding hydrogens is 392 g/mol. The Morgan fingerprint density at radius 1 is 1.03 bits per heavy atom. The molecule has 0 atom stereocenters. The molecule has 3 rings (SSSR count). The SMILES string of the molecule is CC/C=C/C(=O)OCC(=O)N1CCN(S(=O)(=O)c2ccc3ccccc3c2)CC1. The fraction of sp³-hybridized carbons (Fsp3) is 0.333. The third-order valence-corrected chi connectivity index (χ3v) is 6.67. The maximum Gasteiger partial charge on any atom is 0.330 e. The maximum absolute atomic E-state index is 13.0. The molecule has 0 radical (unpaired) electrons. The van der Waals surface area contributed by atoms with Crippen LogP contribution in [0.2, 0.25) is 0 Å². The van der Waals surface area contributed by atoms with Gasteiger partial charge in [-0.15, -0.1) is 0 Å². The van der Waals surface area contributed by atoms with Crippen LogP contribution in [0.5, 0.6) is 0 Å². The van der Waals surface area contributed by atoms with Gasteiger partial charge in [-0.05, 0) is 29.3 Å².